The lowest BCUT2D eigenvalue weighted by atomic mass is 10.2. The molecule has 1 aliphatic heterocycles. The summed E-state index contributed by atoms with van der Waals surface area (Å²) in [6.45, 7) is 2.15. The summed E-state index contributed by atoms with van der Waals surface area (Å²) in [5.41, 5.74) is 2.22. The Labute approximate surface area is 169 Å². The summed E-state index contributed by atoms with van der Waals surface area (Å²) in [7, 11) is 3.25. The standard InChI is InChI=1S/C21H25N5O3/c1-28-18-6-5-14(19(9-18)29-2)13-26-20-15(11-25-26)8-16(10-23-20)21(27)24-12-17-4-3-7-22-17/h5-6,8-11,17,22H,3-4,7,12-13H2,1-2H3,(H,24,27). The Bertz CT molecular complexity index is 1010. The topological polar surface area (TPSA) is 90.3 Å². The molecule has 2 N–H and O–H groups in total. The summed E-state index contributed by atoms with van der Waals surface area (Å²) in [5, 5.41) is 11.6. The van der Waals surface area contributed by atoms with Crippen molar-refractivity contribution in [1.29, 1.82) is 0 Å². The molecule has 0 aliphatic carbocycles. The van der Waals surface area contributed by atoms with Crippen molar-refractivity contribution in [2.45, 2.75) is 25.4 Å². The summed E-state index contributed by atoms with van der Waals surface area (Å²) >= 11 is 0. The Morgan fingerprint density at radius 2 is 2.17 bits per heavy atom. The summed E-state index contributed by atoms with van der Waals surface area (Å²) in [6, 6.07) is 7.87. The highest BCUT2D eigenvalue weighted by atomic mass is 16.5. The first-order valence-electron chi connectivity index (χ1n) is 9.72. The molecule has 3 heterocycles. The summed E-state index contributed by atoms with van der Waals surface area (Å²) in [6.07, 6.45) is 5.59. The van der Waals surface area contributed by atoms with Crippen LogP contribution in [-0.4, -0.2) is 54.0 Å². The molecule has 1 aromatic carbocycles. The van der Waals surface area contributed by atoms with Crippen LogP contribution in [0, 0.1) is 0 Å². The SMILES string of the molecule is COc1ccc(Cn2ncc3cc(C(=O)NCC4CCCN4)cnc32)c(OC)c1. The van der Waals surface area contributed by atoms with Gasteiger partial charge in [0.15, 0.2) is 5.65 Å². The molecule has 1 saturated heterocycles. The van der Waals surface area contributed by atoms with Crippen molar-refractivity contribution >= 4 is 16.9 Å². The maximum Gasteiger partial charge on any atom is 0.252 e. The normalized spacial score (nSPS) is 16.1. The minimum absolute atomic E-state index is 0.113. The summed E-state index contributed by atoms with van der Waals surface area (Å²) in [4.78, 5) is 16.9. The van der Waals surface area contributed by atoms with E-state index in [1.807, 2.05) is 24.3 Å². The monoisotopic (exact) mass is 395 g/mol. The van der Waals surface area contributed by atoms with Crippen LogP contribution in [0.3, 0.4) is 0 Å². The Morgan fingerprint density at radius 3 is 2.93 bits per heavy atom. The van der Waals surface area contributed by atoms with Gasteiger partial charge in [-0.3, -0.25) is 4.79 Å². The van der Waals surface area contributed by atoms with E-state index in [1.165, 1.54) is 0 Å². The number of carbonyl (C=O) groups is 1. The van der Waals surface area contributed by atoms with Crippen LogP contribution in [-0.2, 0) is 6.54 Å². The first-order chi connectivity index (χ1) is 14.2. The second-order valence-electron chi connectivity index (χ2n) is 7.12. The van der Waals surface area contributed by atoms with Crippen LogP contribution < -0.4 is 20.1 Å². The number of rotatable bonds is 7. The molecule has 152 valence electrons. The molecule has 3 aromatic rings. The maximum absolute atomic E-state index is 12.5. The number of nitrogens with zero attached hydrogens (tertiary/aromatic N) is 3. The van der Waals surface area contributed by atoms with Crippen molar-refractivity contribution < 1.29 is 14.3 Å². The van der Waals surface area contributed by atoms with Gasteiger partial charge in [-0.25, -0.2) is 9.67 Å². The van der Waals surface area contributed by atoms with Gasteiger partial charge in [0.2, 0.25) is 0 Å². The van der Waals surface area contributed by atoms with Gasteiger partial charge in [0.1, 0.15) is 11.5 Å². The van der Waals surface area contributed by atoms with Gasteiger partial charge in [0, 0.05) is 35.8 Å². The van der Waals surface area contributed by atoms with Crippen molar-refractivity contribution in [2.24, 2.45) is 0 Å². The quantitative estimate of drug-likeness (QED) is 0.636. The number of hydrogen-bond donors (Lipinski definition) is 2. The van der Waals surface area contributed by atoms with Gasteiger partial charge in [-0.2, -0.15) is 5.10 Å². The zero-order valence-electron chi connectivity index (χ0n) is 16.6. The van der Waals surface area contributed by atoms with Crippen LogP contribution >= 0.6 is 0 Å². The zero-order chi connectivity index (χ0) is 20.2. The summed E-state index contributed by atoms with van der Waals surface area (Å²) < 4.78 is 12.5. The van der Waals surface area contributed by atoms with E-state index in [0.29, 0.717) is 24.7 Å². The number of ether oxygens (including phenoxy) is 2. The van der Waals surface area contributed by atoms with Crippen LogP contribution in [0.4, 0.5) is 0 Å². The van der Waals surface area contributed by atoms with E-state index in [2.05, 4.69) is 20.7 Å². The van der Waals surface area contributed by atoms with Gasteiger partial charge in [0.25, 0.3) is 5.91 Å². The molecule has 0 bridgehead atoms. The van der Waals surface area contributed by atoms with Crippen LogP contribution in [0.5, 0.6) is 11.5 Å². The highest BCUT2D eigenvalue weighted by molar-refractivity contribution is 5.96. The Morgan fingerprint density at radius 1 is 1.28 bits per heavy atom. The number of nitrogens with one attached hydrogen (secondary N) is 2. The number of amides is 1. The number of carbonyl (C=O) groups excluding carboxylic acids is 1. The lowest BCUT2D eigenvalue weighted by Crippen LogP contribution is -2.37. The lowest BCUT2D eigenvalue weighted by Gasteiger charge is -2.12. The van der Waals surface area contributed by atoms with Gasteiger partial charge < -0.3 is 20.1 Å². The van der Waals surface area contributed by atoms with Crippen LogP contribution in [0.25, 0.3) is 11.0 Å². The lowest BCUT2D eigenvalue weighted by molar-refractivity contribution is 0.0950. The minimum atomic E-state index is -0.113. The van der Waals surface area contributed by atoms with Crippen LogP contribution in [0.15, 0.2) is 36.7 Å². The van der Waals surface area contributed by atoms with E-state index in [-0.39, 0.29) is 5.91 Å². The van der Waals surface area contributed by atoms with Crippen molar-refractivity contribution in [3.63, 3.8) is 0 Å². The summed E-state index contributed by atoms with van der Waals surface area (Å²) in [5.74, 6) is 1.35. The number of aromatic nitrogens is 3. The molecule has 1 unspecified atom stereocenters. The molecule has 2 aromatic heterocycles. The molecule has 1 atom stereocenters. The smallest absolute Gasteiger partial charge is 0.252 e. The average molecular weight is 395 g/mol. The third kappa shape index (κ3) is 4.17. The van der Waals surface area contributed by atoms with Gasteiger partial charge in [-0.15, -0.1) is 0 Å². The van der Waals surface area contributed by atoms with Gasteiger partial charge in [-0.1, -0.05) is 0 Å². The van der Waals surface area contributed by atoms with E-state index in [9.17, 15) is 4.79 Å². The number of pyridine rings is 1. The molecule has 1 amide bonds. The predicted octanol–water partition coefficient (Wildman–Crippen LogP) is 1.98. The fraction of sp³-hybridized carbons (Fsp3) is 0.381. The Kier molecular flexibility index (Phi) is 5.62. The Hall–Kier alpha value is -3.13. The van der Waals surface area contributed by atoms with E-state index in [1.54, 1.807) is 31.3 Å². The predicted molar refractivity (Wildman–Crippen MR) is 110 cm³/mol. The van der Waals surface area contributed by atoms with Crippen molar-refractivity contribution in [1.82, 2.24) is 25.4 Å². The molecule has 0 saturated carbocycles. The third-order valence-corrected chi connectivity index (χ3v) is 5.22. The van der Waals surface area contributed by atoms with Crippen molar-refractivity contribution in [2.75, 3.05) is 27.3 Å². The first kappa shape index (κ1) is 19.2. The molecule has 1 fully saturated rings. The van der Waals surface area contributed by atoms with E-state index in [4.69, 9.17) is 9.47 Å². The average Bonchev–Trinajstić information content (AvgIpc) is 3.42. The fourth-order valence-electron chi connectivity index (χ4n) is 3.60. The van der Waals surface area contributed by atoms with Crippen molar-refractivity contribution in [3.05, 3.63) is 47.8 Å². The van der Waals surface area contributed by atoms with Gasteiger partial charge in [0.05, 0.1) is 32.5 Å². The highest BCUT2D eigenvalue weighted by Crippen LogP contribution is 2.26. The van der Waals surface area contributed by atoms with Crippen LogP contribution in [0.2, 0.25) is 0 Å². The highest BCUT2D eigenvalue weighted by Gasteiger charge is 2.16. The fourth-order valence-corrected chi connectivity index (χ4v) is 3.60. The molecular weight excluding hydrogens is 370 g/mol. The third-order valence-electron chi connectivity index (χ3n) is 5.22. The van der Waals surface area contributed by atoms with Crippen molar-refractivity contribution in [3.8, 4) is 11.5 Å². The second-order valence-corrected chi connectivity index (χ2v) is 7.12. The molecule has 8 heteroatoms. The zero-order valence-corrected chi connectivity index (χ0v) is 16.6. The molecule has 0 spiro atoms. The number of hydrogen-bond acceptors (Lipinski definition) is 6. The Balaban J connectivity index is 1.50. The second kappa shape index (κ2) is 8.48. The molecule has 1 aliphatic rings. The van der Waals surface area contributed by atoms with Crippen LogP contribution in [0.1, 0.15) is 28.8 Å². The molecular formula is C21H25N5O3. The van der Waals surface area contributed by atoms with E-state index in [0.717, 1.165) is 47.5 Å². The minimum Gasteiger partial charge on any atom is -0.497 e. The largest absolute Gasteiger partial charge is 0.497 e. The van der Waals surface area contributed by atoms with Gasteiger partial charge in [-0.05, 0) is 37.6 Å². The molecule has 4 rings (SSSR count). The number of benzene rings is 1. The number of fused-ring (bicyclic) bond motifs is 1. The maximum atomic E-state index is 12.5. The van der Waals surface area contributed by atoms with Gasteiger partial charge >= 0.3 is 0 Å². The first-order valence-corrected chi connectivity index (χ1v) is 9.72. The molecule has 0 radical (unpaired) electrons. The number of methoxy groups -OCH3 is 2. The van der Waals surface area contributed by atoms with E-state index >= 15 is 0 Å². The molecule has 29 heavy (non-hydrogen) atoms. The molecule has 8 nitrogen and oxygen atoms in total. The van der Waals surface area contributed by atoms with E-state index < -0.39 is 0 Å².